The third-order valence-electron chi connectivity index (χ3n) is 2.25. The topological polar surface area (TPSA) is 46.2 Å². The summed E-state index contributed by atoms with van der Waals surface area (Å²) in [4.78, 5) is 0. The van der Waals surface area contributed by atoms with Gasteiger partial charge in [0, 0.05) is 6.54 Å². The molecule has 0 saturated carbocycles. The lowest BCUT2D eigenvalue weighted by Gasteiger charge is -2.08. The molecule has 0 aliphatic heterocycles. The Balaban J connectivity index is 2.65. The molecule has 0 saturated heterocycles. The van der Waals surface area contributed by atoms with Crippen LogP contribution in [0.1, 0.15) is 24.5 Å². The first-order valence-electron chi connectivity index (χ1n) is 5.38. The molecule has 0 aromatic heterocycles. The first-order chi connectivity index (χ1) is 8.24. The molecule has 1 aromatic carbocycles. The van der Waals surface area contributed by atoms with Gasteiger partial charge in [0.1, 0.15) is 0 Å². The lowest BCUT2D eigenvalue weighted by molar-refractivity contribution is -0.137. The minimum atomic E-state index is -4.37. The van der Waals surface area contributed by atoms with Crippen LogP contribution in [0.15, 0.2) is 24.3 Å². The predicted molar refractivity (Wildman–Crippen MR) is 62.4 cm³/mol. The van der Waals surface area contributed by atoms with E-state index in [1.165, 1.54) is 12.1 Å². The molecule has 18 heavy (non-hydrogen) atoms. The van der Waals surface area contributed by atoms with E-state index in [9.17, 15) is 21.6 Å². The molecule has 0 spiro atoms. The van der Waals surface area contributed by atoms with Gasteiger partial charge in [0.25, 0.3) is 0 Å². The van der Waals surface area contributed by atoms with Gasteiger partial charge in [-0.25, -0.2) is 13.1 Å². The van der Waals surface area contributed by atoms with E-state index in [1.807, 2.05) is 0 Å². The Morgan fingerprint density at radius 3 is 2.17 bits per heavy atom. The average molecular weight is 281 g/mol. The molecule has 0 unspecified atom stereocenters. The second-order valence-corrected chi connectivity index (χ2v) is 5.76. The summed E-state index contributed by atoms with van der Waals surface area (Å²) in [5.41, 5.74) is -0.259. The molecule has 7 heteroatoms. The van der Waals surface area contributed by atoms with Crippen LogP contribution in [0.25, 0.3) is 0 Å². The summed E-state index contributed by atoms with van der Waals surface area (Å²) >= 11 is 0. The standard InChI is InChI=1S/C11H14F3NO2S/c1-2-7-18(16,17)15-8-9-3-5-10(6-4-9)11(12,13)14/h3-6,15H,2,7-8H2,1H3. The minimum Gasteiger partial charge on any atom is -0.212 e. The molecule has 0 heterocycles. The van der Waals surface area contributed by atoms with E-state index >= 15 is 0 Å². The average Bonchev–Trinajstić information content (AvgIpc) is 2.26. The van der Waals surface area contributed by atoms with Crippen LogP contribution in [-0.2, 0) is 22.7 Å². The van der Waals surface area contributed by atoms with Gasteiger partial charge in [-0.2, -0.15) is 13.2 Å². The Hall–Kier alpha value is -1.08. The molecule has 102 valence electrons. The molecule has 0 aliphatic rings. The third kappa shape index (κ3) is 4.66. The summed E-state index contributed by atoms with van der Waals surface area (Å²) in [6.07, 6.45) is -3.89. The van der Waals surface area contributed by atoms with Crippen molar-refractivity contribution in [1.29, 1.82) is 0 Å². The molecule has 0 bridgehead atoms. The molecule has 0 atom stereocenters. The van der Waals surface area contributed by atoms with E-state index < -0.39 is 21.8 Å². The highest BCUT2D eigenvalue weighted by Gasteiger charge is 2.29. The quantitative estimate of drug-likeness (QED) is 0.901. The van der Waals surface area contributed by atoms with E-state index in [4.69, 9.17) is 0 Å². The van der Waals surface area contributed by atoms with E-state index in [0.717, 1.165) is 12.1 Å². The monoisotopic (exact) mass is 281 g/mol. The number of nitrogens with one attached hydrogen (secondary N) is 1. The van der Waals surface area contributed by atoms with Crippen molar-refractivity contribution in [2.45, 2.75) is 26.1 Å². The predicted octanol–water partition coefficient (Wildman–Crippen LogP) is 2.53. The maximum atomic E-state index is 12.3. The zero-order valence-electron chi connectivity index (χ0n) is 9.79. The first-order valence-corrected chi connectivity index (χ1v) is 7.03. The Labute approximate surface area is 104 Å². The number of alkyl halides is 3. The molecule has 1 rings (SSSR count). The fourth-order valence-corrected chi connectivity index (χ4v) is 2.41. The van der Waals surface area contributed by atoms with Crippen molar-refractivity contribution in [2.24, 2.45) is 0 Å². The van der Waals surface area contributed by atoms with Crippen LogP contribution in [-0.4, -0.2) is 14.2 Å². The largest absolute Gasteiger partial charge is 0.416 e. The number of hydrogen-bond donors (Lipinski definition) is 1. The van der Waals surface area contributed by atoms with E-state index in [1.54, 1.807) is 6.92 Å². The Kier molecular flexibility index (Phi) is 4.75. The summed E-state index contributed by atoms with van der Waals surface area (Å²) in [7, 11) is -3.34. The maximum absolute atomic E-state index is 12.3. The van der Waals surface area contributed by atoms with Crippen molar-refractivity contribution in [3.05, 3.63) is 35.4 Å². The second kappa shape index (κ2) is 5.71. The van der Waals surface area contributed by atoms with Gasteiger partial charge in [-0.05, 0) is 24.1 Å². The van der Waals surface area contributed by atoms with Gasteiger partial charge in [-0.15, -0.1) is 0 Å². The van der Waals surface area contributed by atoms with Gasteiger partial charge < -0.3 is 0 Å². The van der Waals surface area contributed by atoms with Crippen LogP contribution in [0.4, 0.5) is 13.2 Å². The van der Waals surface area contributed by atoms with E-state index in [0.29, 0.717) is 12.0 Å². The molecular formula is C11H14F3NO2S. The van der Waals surface area contributed by atoms with E-state index in [2.05, 4.69) is 4.72 Å². The summed E-state index contributed by atoms with van der Waals surface area (Å²) in [6, 6.07) is 4.39. The number of halogens is 3. The zero-order chi connectivity index (χ0) is 13.8. The number of benzene rings is 1. The molecule has 0 fully saturated rings. The fraction of sp³-hybridized carbons (Fsp3) is 0.455. The number of sulfonamides is 1. The highest BCUT2D eigenvalue weighted by atomic mass is 32.2. The van der Waals surface area contributed by atoms with Gasteiger partial charge in [-0.1, -0.05) is 19.1 Å². The summed E-state index contributed by atoms with van der Waals surface area (Å²) in [5.74, 6) is 0.00757. The van der Waals surface area contributed by atoms with Crippen LogP contribution in [0.3, 0.4) is 0 Å². The normalized spacial score (nSPS) is 12.7. The molecule has 1 N–H and O–H groups in total. The van der Waals surface area contributed by atoms with Gasteiger partial charge in [0.2, 0.25) is 10.0 Å². The van der Waals surface area contributed by atoms with Gasteiger partial charge in [0.15, 0.2) is 0 Å². The number of rotatable bonds is 5. The van der Waals surface area contributed by atoms with Crippen LogP contribution < -0.4 is 4.72 Å². The smallest absolute Gasteiger partial charge is 0.212 e. The van der Waals surface area contributed by atoms with Gasteiger partial charge >= 0.3 is 6.18 Å². The number of hydrogen-bond acceptors (Lipinski definition) is 2. The molecule has 1 aromatic rings. The van der Waals surface area contributed by atoms with Crippen molar-refractivity contribution >= 4 is 10.0 Å². The maximum Gasteiger partial charge on any atom is 0.416 e. The summed E-state index contributed by atoms with van der Waals surface area (Å²) in [5, 5.41) is 0. The molecule has 3 nitrogen and oxygen atoms in total. The fourth-order valence-electron chi connectivity index (χ4n) is 1.35. The van der Waals surface area contributed by atoms with Gasteiger partial charge in [-0.3, -0.25) is 0 Å². The zero-order valence-corrected chi connectivity index (χ0v) is 10.6. The first kappa shape index (κ1) is 15.0. The van der Waals surface area contributed by atoms with Crippen LogP contribution in [0.5, 0.6) is 0 Å². The summed E-state index contributed by atoms with van der Waals surface area (Å²) in [6.45, 7) is 1.73. The SMILES string of the molecule is CCCS(=O)(=O)NCc1ccc(C(F)(F)F)cc1. The van der Waals surface area contributed by atoms with Crippen molar-refractivity contribution in [1.82, 2.24) is 4.72 Å². The molecule has 0 amide bonds. The van der Waals surface area contributed by atoms with Crippen molar-refractivity contribution in [3.8, 4) is 0 Å². The molecule has 0 radical (unpaired) electrons. The van der Waals surface area contributed by atoms with Gasteiger partial charge in [0.05, 0.1) is 11.3 Å². The molecule has 0 aliphatic carbocycles. The van der Waals surface area contributed by atoms with Crippen LogP contribution >= 0.6 is 0 Å². The Bertz CT molecular complexity index is 480. The van der Waals surface area contributed by atoms with Crippen molar-refractivity contribution in [2.75, 3.05) is 5.75 Å². The lowest BCUT2D eigenvalue weighted by Crippen LogP contribution is -2.25. The van der Waals surface area contributed by atoms with Crippen molar-refractivity contribution in [3.63, 3.8) is 0 Å². The Morgan fingerprint density at radius 2 is 1.72 bits per heavy atom. The van der Waals surface area contributed by atoms with Crippen LogP contribution in [0.2, 0.25) is 0 Å². The lowest BCUT2D eigenvalue weighted by atomic mass is 10.1. The molecular weight excluding hydrogens is 267 g/mol. The minimum absolute atomic E-state index is 0.000467. The summed E-state index contributed by atoms with van der Waals surface area (Å²) < 4.78 is 61.9. The van der Waals surface area contributed by atoms with Crippen LogP contribution in [0, 0.1) is 0 Å². The Morgan fingerprint density at radius 1 is 1.17 bits per heavy atom. The highest BCUT2D eigenvalue weighted by molar-refractivity contribution is 7.89. The van der Waals surface area contributed by atoms with E-state index in [-0.39, 0.29) is 12.3 Å². The third-order valence-corrected chi connectivity index (χ3v) is 3.78. The second-order valence-electron chi connectivity index (χ2n) is 3.83. The highest BCUT2D eigenvalue weighted by Crippen LogP contribution is 2.29. The van der Waals surface area contributed by atoms with Crippen molar-refractivity contribution < 1.29 is 21.6 Å².